The second-order valence-corrected chi connectivity index (χ2v) is 2.33. The van der Waals surface area contributed by atoms with E-state index < -0.39 is 0 Å². The average Bonchev–Trinajstić information content (AvgIpc) is 2.34. The van der Waals surface area contributed by atoms with Crippen LogP contribution in [0.2, 0.25) is 0 Å². The Bertz CT molecular complexity index is 246. The largest absolute Gasteiger partial charge is 0.490 e. The zero-order valence-electron chi connectivity index (χ0n) is 5.92. The summed E-state index contributed by atoms with van der Waals surface area (Å²) in [6.07, 6.45) is 1.91. The Labute approximate surface area is 63.3 Å². The first-order chi connectivity index (χ1) is 4.88. The van der Waals surface area contributed by atoms with Gasteiger partial charge in [0.15, 0.2) is 5.76 Å². The molecular weight excluding hydrogens is 148 g/mol. The molecule has 0 atom stereocenters. The summed E-state index contributed by atoms with van der Waals surface area (Å²) in [5.41, 5.74) is 0.672. The van der Waals surface area contributed by atoms with Crippen LogP contribution in [0, 0.1) is 0 Å². The molecule has 0 fully saturated rings. The van der Waals surface area contributed by atoms with Crippen LogP contribution in [-0.4, -0.2) is 22.3 Å². The lowest BCUT2D eigenvalue weighted by molar-refractivity contribution is 0.340. The molecule has 0 spiro atoms. The lowest BCUT2D eigenvalue weighted by Gasteiger charge is -2.09. The number of aromatic hydroxyl groups is 1. The van der Waals surface area contributed by atoms with Crippen LogP contribution in [0.3, 0.4) is 0 Å². The monoisotopic (exact) mass is 158 g/mol. The molecule has 1 aliphatic heterocycles. The molecule has 1 aromatic rings. The van der Waals surface area contributed by atoms with Gasteiger partial charge in [-0.05, 0) is 11.6 Å². The van der Waals surface area contributed by atoms with Crippen LogP contribution in [0.1, 0.15) is 12.2 Å². The van der Waals surface area contributed by atoms with Gasteiger partial charge in [0.25, 0.3) is 5.88 Å². The first-order valence-electron chi connectivity index (χ1n) is 3.29. The summed E-state index contributed by atoms with van der Waals surface area (Å²) < 4.78 is 4.82. The summed E-state index contributed by atoms with van der Waals surface area (Å²) in [5.74, 6) is 0.749. The van der Waals surface area contributed by atoms with Crippen LogP contribution in [0.4, 0.5) is 5.69 Å². The number of fused-ring (bicyclic) bond motifs is 1. The highest BCUT2D eigenvalue weighted by molar-refractivity contribution is 5.55. The van der Waals surface area contributed by atoms with Gasteiger partial charge < -0.3 is 20.4 Å². The summed E-state index contributed by atoms with van der Waals surface area (Å²) in [7, 11) is 0. The van der Waals surface area contributed by atoms with Crippen LogP contribution < -0.4 is 5.32 Å². The van der Waals surface area contributed by atoms with Gasteiger partial charge in [0.1, 0.15) is 5.69 Å². The molecule has 11 heavy (non-hydrogen) atoms. The van der Waals surface area contributed by atoms with Crippen LogP contribution in [0.5, 0.6) is 5.88 Å². The number of nitrogens with zero attached hydrogens (tertiary/aromatic N) is 1. The van der Waals surface area contributed by atoms with Crippen molar-refractivity contribution in [2.45, 2.75) is 12.8 Å². The molecule has 0 unspecified atom stereocenters. The Morgan fingerprint density at radius 2 is 2.36 bits per heavy atom. The van der Waals surface area contributed by atoms with Crippen LogP contribution in [0.25, 0.3) is 0 Å². The number of rotatable bonds is 0. The fraction of sp³-hybridized carbons (Fsp3) is 0.500. The Balaban J connectivity index is 0.000000605. The predicted octanol–water partition coefficient (Wildman–Crippen LogP) is -0.0864. The third-order valence-corrected chi connectivity index (χ3v) is 1.63. The Kier molecular flexibility index (Phi) is 2.00. The molecule has 1 aliphatic rings. The van der Waals surface area contributed by atoms with Crippen molar-refractivity contribution in [2.24, 2.45) is 0 Å². The van der Waals surface area contributed by atoms with E-state index in [-0.39, 0.29) is 11.4 Å². The van der Waals surface area contributed by atoms with E-state index in [2.05, 4.69) is 10.5 Å². The summed E-state index contributed by atoms with van der Waals surface area (Å²) in [5, 5.41) is 15.4. The molecule has 0 aliphatic carbocycles. The van der Waals surface area contributed by atoms with Crippen molar-refractivity contribution >= 4 is 5.69 Å². The van der Waals surface area contributed by atoms with Crippen molar-refractivity contribution in [3.8, 4) is 5.88 Å². The van der Waals surface area contributed by atoms with E-state index in [1.165, 1.54) is 0 Å². The van der Waals surface area contributed by atoms with Gasteiger partial charge in [0, 0.05) is 13.0 Å². The lowest BCUT2D eigenvalue weighted by Crippen LogP contribution is -2.09. The third-order valence-electron chi connectivity index (χ3n) is 1.63. The van der Waals surface area contributed by atoms with Gasteiger partial charge in [-0.2, -0.15) is 0 Å². The second kappa shape index (κ2) is 2.79. The highest BCUT2D eigenvalue weighted by Crippen LogP contribution is 2.29. The Morgan fingerprint density at radius 1 is 1.55 bits per heavy atom. The predicted molar refractivity (Wildman–Crippen MR) is 38.6 cm³/mol. The van der Waals surface area contributed by atoms with Crippen molar-refractivity contribution in [3.05, 3.63) is 5.76 Å². The first kappa shape index (κ1) is 7.87. The van der Waals surface area contributed by atoms with Crippen molar-refractivity contribution in [3.63, 3.8) is 0 Å². The van der Waals surface area contributed by atoms with Crippen LogP contribution >= 0.6 is 0 Å². The SMILES string of the molecule is O.Oc1noc2c1NCCC2. The first-order valence-corrected chi connectivity index (χ1v) is 3.29. The van der Waals surface area contributed by atoms with E-state index in [1.54, 1.807) is 0 Å². The van der Waals surface area contributed by atoms with E-state index in [0.29, 0.717) is 5.69 Å². The molecule has 0 saturated heterocycles. The average molecular weight is 158 g/mol. The Hall–Kier alpha value is -1.23. The van der Waals surface area contributed by atoms with E-state index in [4.69, 9.17) is 9.63 Å². The minimum atomic E-state index is -0.0188. The quantitative estimate of drug-likeness (QED) is 0.552. The fourth-order valence-electron chi connectivity index (χ4n) is 1.12. The molecule has 5 heteroatoms. The standard InChI is InChI=1S/C6H8N2O2.H2O/c9-6-5-4(10-8-6)2-1-3-7-5;/h7H,1-3H2,(H,8,9);1H2. The van der Waals surface area contributed by atoms with Crippen molar-refractivity contribution in [1.82, 2.24) is 5.16 Å². The van der Waals surface area contributed by atoms with Gasteiger partial charge >= 0.3 is 0 Å². The topological polar surface area (TPSA) is 89.8 Å². The molecule has 5 nitrogen and oxygen atoms in total. The van der Waals surface area contributed by atoms with E-state index in [1.807, 2.05) is 0 Å². The molecule has 1 aromatic heterocycles. The number of aryl methyl sites for hydroxylation is 1. The number of anilines is 1. The normalized spacial score (nSPS) is 14.5. The molecule has 0 radical (unpaired) electrons. The summed E-state index contributed by atoms with van der Waals surface area (Å²) in [6, 6.07) is 0. The molecule has 2 rings (SSSR count). The fourth-order valence-corrected chi connectivity index (χ4v) is 1.12. The second-order valence-electron chi connectivity index (χ2n) is 2.33. The molecule has 62 valence electrons. The molecule has 0 saturated carbocycles. The van der Waals surface area contributed by atoms with Crippen LogP contribution in [0.15, 0.2) is 4.52 Å². The maximum Gasteiger partial charge on any atom is 0.275 e. The zero-order chi connectivity index (χ0) is 6.97. The van der Waals surface area contributed by atoms with Crippen molar-refractivity contribution in [2.75, 3.05) is 11.9 Å². The maximum atomic E-state index is 9.03. The molecule has 0 amide bonds. The number of hydrogen-bond donors (Lipinski definition) is 2. The lowest BCUT2D eigenvalue weighted by atomic mass is 10.2. The minimum Gasteiger partial charge on any atom is -0.490 e. The van der Waals surface area contributed by atoms with Gasteiger partial charge in [-0.3, -0.25) is 0 Å². The van der Waals surface area contributed by atoms with Gasteiger partial charge in [-0.25, -0.2) is 0 Å². The summed E-state index contributed by atoms with van der Waals surface area (Å²) >= 11 is 0. The highest BCUT2D eigenvalue weighted by Gasteiger charge is 2.17. The summed E-state index contributed by atoms with van der Waals surface area (Å²) in [6.45, 7) is 0.891. The molecule has 2 heterocycles. The van der Waals surface area contributed by atoms with Gasteiger partial charge in [0.2, 0.25) is 0 Å². The molecule has 0 bridgehead atoms. The maximum absolute atomic E-state index is 9.03. The number of hydrogen-bond acceptors (Lipinski definition) is 4. The number of aromatic nitrogens is 1. The highest BCUT2D eigenvalue weighted by atomic mass is 16.5. The molecule has 0 aromatic carbocycles. The zero-order valence-corrected chi connectivity index (χ0v) is 5.92. The van der Waals surface area contributed by atoms with E-state index in [0.717, 1.165) is 25.1 Å². The van der Waals surface area contributed by atoms with Gasteiger partial charge in [-0.15, -0.1) is 0 Å². The van der Waals surface area contributed by atoms with Crippen molar-refractivity contribution in [1.29, 1.82) is 0 Å². The van der Waals surface area contributed by atoms with Crippen LogP contribution in [-0.2, 0) is 6.42 Å². The summed E-state index contributed by atoms with van der Waals surface area (Å²) in [4.78, 5) is 0. The third kappa shape index (κ3) is 1.14. The van der Waals surface area contributed by atoms with Crippen molar-refractivity contribution < 1.29 is 15.1 Å². The molecule has 4 N–H and O–H groups in total. The van der Waals surface area contributed by atoms with E-state index in [9.17, 15) is 0 Å². The minimum absolute atomic E-state index is 0. The van der Waals surface area contributed by atoms with Gasteiger partial charge in [-0.1, -0.05) is 0 Å². The number of nitrogens with one attached hydrogen (secondary N) is 1. The van der Waals surface area contributed by atoms with E-state index >= 15 is 0 Å². The Morgan fingerprint density at radius 3 is 3.09 bits per heavy atom. The smallest absolute Gasteiger partial charge is 0.275 e. The molecular formula is C6H10N2O3. The van der Waals surface area contributed by atoms with Gasteiger partial charge in [0.05, 0.1) is 0 Å².